The number of hydrogen-bond donors (Lipinski definition) is 2. The van der Waals surface area contributed by atoms with Crippen molar-refractivity contribution in [2.75, 3.05) is 31.4 Å². The summed E-state index contributed by atoms with van der Waals surface area (Å²) in [6.45, 7) is 4.35. The van der Waals surface area contributed by atoms with Gasteiger partial charge in [0.1, 0.15) is 0 Å². The minimum Gasteiger partial charge on any atom is -0.395 e. The van der Waals surface area contributed by atoms with Crippen LogP contribution in [0.2, 0.25) is 0 Å². The molecule has 0 aliphatic rings. The second kappa shape index (κ2) is 7.93. The Morgan fingerprint density at radius 3 is 2.61 bits per heavy atom. The van der Waals surface area contributed by atoms with Gasteiger partial charge < -0.3 is 15.3 Å². The molecule has 5 nitrogen and oxygen atoms in total. The van der Waals surface area contributed by atoms with Crippen molar-refractivity contribution < 1.29 is 5.11 Å². The molecule has 1 heterocycles. The molecule has 0 spiro atoms. The lowest BCUT2D eigenvalue weighted by Gasteiger charge is -2.18. The van der Waals surface area contributed by atoms with Gasteiger partial charge in [-0.15, -0.1) is 10.2 Å². The summed E-state index contributed by atoms with van der Waals surface area (Å²) in [5.74, 6) is 0.938. The molecule has 2 N–H and O–H groups in total. The number of aromatic nitrogens is 2. The third-order valence-electron chi connectivity index (χ3n) is 2.26. The van der Waals surface area contributed by atoms with E-state index in [0.29, 0.717) is 6.04 Å². The van der Waals surface area contributed by atoms with Gasteiger partial charge in [-0.1, -0.05) is 36.9 Å². The van der Waals surface area contributed by atoms with E-state index in [0.717, 1.165) is 21.6 Å². The van der Waals surface area contributed by atoms with Crippen molar-refractivity contribution in [3.05, 3.63) is 0 Å². The molecular formula is C11H22N4OS2. The number of hydrogen-bond acceptors (Lipinski definition) is 7. The first-order valence-corrected chi connectivity index (χ1v) is 7.83. The highest BCUT2D eigenvalue weighted by atomic mass is 32.2. The Bertz CT molecular complexity index is 344. The largest absolute Gasteiger partial charge is 0.395 e. The molecule has 0 aliphatic heterocycles. The fourth-order valence-electron chi connectivity index (χ4n) is 1.43. The van der Waals surface area contributed by atoms with Crippen molar-refractivity contribution in [1.82, 2.24) is 15.5 Å². The maximum Gasteiger partial charge on any atom is 0.208 e. The molecule has 1 aromatic rings. The molecular weight excluding hydrogens is 268 g/mol. The van der Waals surface area contributed by atoms with Gasteiger partial charge in [0.25, 0.3) is 0 Å². The summed E-state index contributed by atoms with van der Waals surface area (Å²) in [6.07, 6.45) is 0.927. The molecule has 0 amide bonds. The van der Waals surface area contributed by atoms with Crippen LogP contribution in [0.1, 0.15) is 20.3 Å². The number of nitrogens with zero attached hydrogens (tertiary/aromatic N) is 3. The lowest BCUT2D eigenvalue weighted by molar-refractivity contribution is 0.232. The highest BCUT2D eigenvalue weighted by Crippen LogP contribution is 2.27. The Hall–Kier alpha value is -0.370. The molecule has 1 aromatic heterocycles. The van der Waals surface area contributed by atoms with E-state index in [4.69, 9.17) is 0 Å². The van der Waals surface area contributed by atoms with E-state index < -0.39 is 0 Å². The number of nitrogens with one attached hydrogen (secondary N) is 1. The van der Waals surface area contributed by atoms with Gasteiger partial charge >= 0.3 is 0 Å². The molecule has 0 saturated heterocycles. The molecule has 104 valence electrons. The molecule has 7 heteroatoms. The third kappa shape index (κ3) is 5.51. The fourth-order valence-corrected chi connectivity index (χ4v) is 3.32. The highest BCUT2D eigenvalue weighted by molar-refractivity contribution is 8.01. The van der Waals surface area contributed by atoms with Crippen molar-refractivity contribution >= 4 is 28.2 Å². The molecule has 0 fully saturated rings. The third-order valence-corrected chi connectivity index (χ3v) is 4.52. The topological polar surface area (TPSA) is 61.3 Å². The van der Waals surface area contributed by atoms with Crippen LogP contribution in [-0.2, 0) is 0 Å². The van der Waals surface area contributed by atoms with E-state index in [1.807, 2.05) is 19.0 Å². The summed E-state index contributed by atoms with van der Waals surface area (Å²) in [4.78, 5) is 1.96. The average Bonchev–Trinajstić information content (AvgIpc) is 2.76. The SMILES string of the molecule is CC(C)NC(CO)CCSc1nnc(N(C)C)s1. The molecule has 0 radical (unpaired) electrons. The zero-order valence-corrected chi connectivity index (χ0v) is 13.0. The quantitative estimate of drug-likeness (QED) is 0.707. The summed E-state index contributed by atoms with van der Waals surface area (Å²) < 4.78 is 0.986. The monoisotopic (exact) mass is 290 g/mol. The Morgan fingerprint density at radius 2 is 2.11 bits per heavy atom. The molecule has 0 bridgehead atoms. The minimum absolute atomic E-state index is 0.166. The lowest BCUT2D eigenvalue weighted by Crippen LogP contribution is -2.37. The standard InChI is InChI=1S/C11H22N4OS2/c1-8(2)12-9(7-16)5-6-17-11-14-13-10(18-11)15(3)4/h8-9,12,16H,5-7H2,1-4H3. The maximum atomic E-state index is 9.25. The van der Waals surface area contributed by atoms with Gasteiger partial charge in [-0.25, -0.2) is 0 Å². The fraction of sp³-hybridized carbons (Fsp3) is 0.818. The van der Waals surface area contributed by atoms with Crippen LogP contribution in [0.3, 0.4) is 0 Å². The van der Waals surface area contributed by atoms with Gasteiger partial charge in [0.15, 0.2) is 4.34 Å². The van der Waals surface area contributed by atoms with Gasteiger partial charge in [-0.2, -0.15) is 0 Å². The average molecular weight is 290 g/mol. The van der Waals surface area contributed by atoms with E-state index in [-0.39, 0.29) is 12.6 Å². The van der Waals surface area contributed by atoms with Gasteiger partial charge in [0.05, 0.1) is 6.61 Å². The maximum absolute atomic E-state index is 9.25. The number of thioether (sulfide) groups is 1. The normalized spacial score (nSPS) is 13.0. The van der Waals surface area contributed by atoms with Gasteiger partial charge in [0.2, 0.25) is 5.13 Å². The summed E-state index contributed by atoms with van der Waals surface area (Å²) in [5.41, 5.74) is 0. The van der Waals surface area contributed by atoms with Crippen LogP contribution in [0.15, 0.2) is 4.34 Å². The first kappa shape index (κ1) is 15.7. The van der Waals surface area contributed by atoms with Crippen molar-refractivity contribution in [2.45, 2.75) is 36.7 Å². The Balaban J connectivity index is 2.31. The van der Waals surface area contributed by atoms with Crippen LogP contribution in [0, 0.1) is 0 Å². The van der Waals surface area contributed by atoms with Crippen LogP contribution in [0.4, 0.5) is 5.13 Å². The minimum atomic E-state index is 0.166. The number of aliphatic hydroxyl groups is 1. The molecule has 0 aliphatic carbocycles. The number of rotatable bonds is 8. The van der Waals surface area contributed by atoms with Crippen molar-refractivity contribution in [3.63, 3.8) is 0 Å². The Morgan fingerprint density at radius 1 is 1.39 bits per heavy atom. The van der Waals surface area contributed by atoms with Crippen LogP contribution in [-0.4, -0.2) is 53.8 Å². The summed E-state index contributed by atoms with van der Waals surface area (Å²) in [6, 6.07) is 0.563. The number of anilines is 1. The molecule has 0 aromatic carbocycles. The molecule has 1 rings (SSSR count). The smallest absolute Gasteiger partial charge is 0.208 e. The summed E-state index contributed by atoms with van der Waals surface area (Å²) in [5, 5.41) is 21.7. The van der Waals surface area contributed by atoms with E-state index in [1.54, 1.807) is 23.1 Å². The van der Waals surface area contributed by atoms with Crippen molar-refractivity contribution in [2.24, 2.45) is 0 Å². The van der Waals surface area contributed by atoms with E-state index >= 15 is 0 Å². The lowest BCUT2D eigenvalue weighted by atomic mass is 10.2. The van der Waals surface area contributed by atoms with Crippen LogP contribution < -0.4 is 10.2 Å². The summed E-state index contributed by atoms with van der Waals surface area (Å²) >= 11 is 3.29. The molecule has 1 unspecified atom stereocenters. The second-order valence-corrected chi connectivity index (χ2v) is 6.88. The van der Waals surface area contributed by atoms with Crippen LogP contribution in [0.5, 0.6) is 0 Å². The molecule has 1 atom stereocenters. The van der Waals surface area contributed by atoms with E-state index in [2.05, 4.69) is 29.4 Å². The predicted octanol–water partition coefficient (Wildman–Crippen LogP) is 1.45. The van der Waals surface area contributed by atoms with Gasteiger partial charge in [0, 0.05) is 31.9 Å². The van der Waals surface area contributed by atoms with E-state index in [1.165, 1.54) is 0 Å². The Kier molecular flexibility index (Phi) is 6.91. The van der Waals surface area contributed by atoms with Crippen LogP contribution in [0.25, 0.3) is 0 Å². The van der Waals surface area contributed by atoms with E-state index in [9.17, 15) is 5.11 Å². The van der Waals surface area contributed by atoms with Gasteiger partial charge in [-0.05, 0) is 6.42 Å². The second-order valence-electron chi connectivity index (χ2n) is 4.58. The first-order valence-electron chi connectivity index (χ1n) is 6.03. The van der Waals surface area contributed by atoms with Gasteiger partial charge in [-0.3, -0.25) is 0 Å². The Labute approximate surface area is 117 Å². The summed E-state index contributed by atoms with van der Waals surface area (Å²) in [7, 11) is 3.92. The predicted molar refractivity (Wildman–Crippen MR) is 78.7 cm³/mol. The zero-order valence-electron chi connectivity index (χ0n) is 11.4. The molecule has 18 heavy (non-hydrogen) atoms. The van der Waals surface area contributed by atoms with Crippen molar-refractivity contribution in [1.29, 1.82) is 0 Å². The first-order chi connectivity index (χ1) is 8.52. The van der Waals surface area contributed by atoms with Crippen LogP contribution >= 0.6 is 23.1 Å². The van der Waals surface area contributed by atoms with Crippen molar-refractivity contribution in [3.8, 4) is 0 Å². The zero-order chi connectivity index (χ0) is 13.5. The highest BCUT2D eigenvalue weighted by Gasteiger charge is 2.10. The molecule has 0 saturated carbocycles. The number of aliphatic hydroxyl groups excluding tert-OH is 1.